The van der Waals surface area contributed by atoms with Crippen molar-refractivity contribution < 1.29 is 23.1 Å². The number of halogens is 3. The molecule has 0 saturated carbocycles. The van der Waals surface area contributed by atoms with Crippen LogP contribution in [-0.2, 0) is 9.53 Å². The number of carbonyl (C=O) groups excluding carboxylic acids is 2. The summed E-state index contributed by atoms with van der Waals surface area (Å²) in [6.07, 6.45) is 0. The standard InChI is InChI=1S/C14H14ClF2NO3/c1-7-5-18(6-9(7)14(20)21-2)13(19)8-3-12(17)10(15)4-11(8)16/h3-4,7,9H,5-6H2,1-2H3. The van der Waals surface area contributed by atoms with Gasteiger partial charge in [-0.05, 0) is 18.1 Å². The highest BCUT2D eigenvalue weighted by molar-refractivity contribution is 6.30. The van der Waals surface area contributed by atoms with Crippen molar-refractivity contribution in [1.29, 1.82) is 0 Å². The molecule has 1 amide bonds. The molecule has 21 heavy (non-hydrogen) atoms. The van der Waals surface area contributed by atoms with Crippen molar-refractivity contribution in [1.82, 2.24) is 4.90 Å². The molecule has 1 aliphatic heterocycles. The van der Waals surface area contributed by atoms with Crippen molar-refractivity contribution >= 4 is 23.5 Å². The summed E-state index contributed by atoms with van der Waals surface area (Å²) < 4.78 is 31.8. The van der Waals surface area contributed by atoms with Gasteiger partial charge in [0.05, 0.1) is 23.6 Å². The monoisotopic (exact) mass is 317 g/mol. The fourth-order valence-corrected chi connectivity index (χ4v) is 2.60. The van der Waals surface area contributed by atoms with Crippen molar-refractivity contribution in [2.45, 2.75) is 6.92 Å². The molecule has 4 nitrogen and oxygen atoms in total. The molecular weight excluding hydrogens is 304 g/mol. The normalized spacial score (nSPS) is 21.5. The van der Waals surface area contributed by atoms with Gasteiger partial charge in [0, 0.05) is 13.1 Å². The summed E-state index contributed by atoms with van der Waals surface area (Å²) >= 11 is 5.46. The molecular formula is C14H14ClF2NO3. The molecule has 0 bridgehead atoms. The summed E-state index contributed by atoms with van der Waals surface area (Å²) in [5.41, 5.74) is -0.394. The summed E-state index contributed by atoms with van der Waals surface area (Å²) in [4.78, 5) is 25.2. The van der Waals surface area contributed by atoms with Crippen LogP contribution in [0.2, 0.25) is 5.02 Å². The van der Waals surface area contributed by atoms with Crippen molar-refractivity contribution in [3.05, 3.63) is 34.4 Å². The molecule has 2 rings (SSSR count). The van der Waals surface area contributed by atoms with Crippen LogP contribution in [-0.4, -0.2) is 37.0 Å². The summed E-state index contributed by atoms with van der Waals surface area (Å²) in [5, 5.41) is -0.383. The van der Waals surface area contributed by atoms with Gasteiger partial charge in [-0.25, -0.2) is 8.78 Å². The molecule has 114 valence electrons. The minimum absolute atomic E-state index is 0.110. The number of benzene rings is 1. The summed E-state index contributed by atoms with van der Waals surface area (Å²) in [7, 11) is 1.27. The Balaban J connectivity index is 2.22. The van der Waals surface area contributed by atoms with Crippen LogP contribution in [0.3, 0.4) is 0 Å². The summed E-state index contributed by atoms with van der Waals surface area (Å²) in [6, 6.07) is 1.54. The molecule has 0 N–H and O–H groups in total. The van der Waals surface area contributed by atoms with Crippen LogP contribution in [0.15, 0.2) is 12.1 Å². The molecule has 0 aliphatic carbocycles. The Morgan fingerprint density at radius 2 is 1.95 bits per heavy atom. The molecule has 0 spiro atoms. The van der Waals surface area contributed by atoms with Gasteiger partial charge in [0.2, 0.25) is 0 Å². The minimum Gasteiger partial charge on any atom is -0.469 e. The molecule has 2 unspecified atom stereocenters. The molecule has 1 aromatic carbocycles. The van der Waals surface area contributed by atoms with Gasteiger partial charge in [-0.1, -0.05) is 18.5 Å². The third kappa shape index (κ3) is 3.00. The molecule has 0 aromatic heterocycles. The number of hydrogen-bond acceptors (Lipinski definition) is 3. The average Bonchev–Trinajstić information content (AvgIpc) is 2.83. The molecule has 7 heteroatoms. The first-order chi connectivity index (χ1) is 9.85. The van der Waals surface area contributed by atoms with E-state index in [9.17, 15) is 18.4 Å². The van der Waals surface area contributed by atoms with Crippen LogP contribution in [0.5, 0.6) is 0 Å². The second-order valence-electron chi connectivity index (χ2n) is 5.06. The van der Waals surface area contributed by atoms with Gasteiger partial charge in [0.15, 0.2) is 0 Å². The van der Waals surface area contributed by atoms with Gasteiger partial charge >= 0.3 is 5.97 Å². The Hall–Kier alpha value is -1.69. The maximum atomic E-state index is 13.8. The van der Waals surface area contributed by atoms with Crippen molar-refractivity contribution in [3.8, 4) is 0 Å². The fourth-order valence-electron chi connectivity index (χ4n) is 2.45. The Labute approximate surface area is 125 Å². The number of hydrogen-bond donors (Lipinski definition) is 0. The SMILES string of the molecule is COC(=O)C1CN(C(=O)c2cc(F)c(Cl)cc2F)CC1C. The fraction of sp³-hybridized carbons (Fsp3) is 0.429. The highest BCUT2D eigenvalue weighted by atomic mass is 35.5. The topological polar surface area (TPSA) is 46.6 Å². The quantitative estimate of drug-likeness (QED) is 0.622. The first kappa shape index (κ1) is 15.7. The summed E-state index contributed by atoms with van der Waals surface area (Å²) in [5.74, 6) is -3.40. The predicted octanol–water partition coefficient (Wildman–Crippen LogP) is 2.50. The highest BCUT2D eigenvalue weighted by Crippen LogP contribution is 2.27. The van der Waals surface area contributed by atoms with E-state index in [1.807, 2.05) is 0 Å². The maximum absolute atomic E-state index is 13.8. The molecule has 1 aliphatic rings. The van der Waals surface area contributed by atoms with Gasteiger partial charge in [0.25, 0.3) is 5.91 Å². The van der Waals surface area contributed by atoms with Crippen LogP contribution < -0.4 is 0 Å². The van der Waals surface area contributed by atoms with Crippen LogP contribution in [0.1, 0.15) is 17.3 Å². The van der Waals surface area contributed by atoms with Crippen molar-refractivity contribution in [2.75, 3.05) is 20.2 Å². The maximum Gasteiger partial charge on any atom is 0.310 e. The lowest BCUT2D eigenvalue weighted by molar-refractivity contribution is -0.146. The third-order valence-electron chi connectivity index (χ3n) is 3.64. The van der Waals surface area contributed by atoms with E-state index in [-0.39, 0.29) is 24.0 Å². The lowest BCUT2D eigenvalue weighted by Crippen LogP contribution is -2.31. The first-order valence-corrected chi connectivity index (χ1v) is 6.74. The number of esters is 1. The highest BCUT2D eigenvalue weighted by Gasteiger charge is 2.38. The van der Waals surface area contributed by atoms with Gasteiger partial charge in [-0.3, -0.25) is 9.59 Å². The number of carbonyl (C=O) groups is 2. The number of amides is 1. The minimum atomic E-state index is -0.888. The van der Waals surface area contributed by atoms with Gasteiger partial charge in [0.1, 0.15) is 11.6 Å². The average molecular weight is 318 g/mol. The van der Waals surface area contributed by atoms with E-state index in [0.717, 1.165) is 12.1 Å². The summed E-state index contributed by atoms with van der Waals surface area (Å²) in [6.45, 7) is 2.20. The smallest absolute Gasteiger partial charge is 0.310 e. The van der Waals surface area contributed by atoms with Crippen molar-refractivity contribution in [2.24, 2.45) is 11.8 Å². The molecule has 1 heterocycles. The molecule has 0 radical (unpaired) electrons. The Morgan fingerprint density at radius 1 is 1.29 bits per heavy atom. The lowest BCUT2D eigenvalue weighted by Gasteiger charge is -2.16. The zero-order valence-corrected chi connectivity index (χ0v) is 12.3. The number of ether oxygens (including phenoxy) is 1. The lowest BCUT2D eigenvalue weighted by atomic mass is 9.99. The Morgan fingerprint density at radius 3 is 2.57 bits per heavy atom. The zero-order chi connectivity index (χ0) is 15.7. The molecule has 1 aromatic rings. The zero-order valence-electron chi connectivity index (χ0n) is 11.5. The number of methoxy groups -OCH3 is 1. The van der Waals surface area contributed by atoms with E-state index in [1.165, 1.54) is 12.0 Å². The first-order valence-electron chi connectivity index (χ1n) is 6.36. The van der Waals surface area contributed by atoms with E-state index >= 15 is 0 Å². The third-order valence-corrected chi connectivity index (χ3v) is 3.93. The predicted molar refractivity (Wildman–Crippen MR) is 71.9 cm³/mol. The Bertz CT molecular complexity index is 594. The van der Waals surface area contributed by atoms with Crippen LogP contribution in [0.4, 0.5) is 8.78 Å². The van der Waals surface area contributed by atoms with Crippen LogP contribution >= 0.6 is 11.6 Å². The second kappa shape index (κ2) is 5.97. The second-order valence-corrected chi connectivity index (χ2v) is 5.47. The largest absolute Gasteiger partial charge is 0.469 e. The van der Waals surface area contributed by atoms with E-state index in [4.69, 9.17) is 11.6 Å². The van der Waals surface area contributed by atoms with Gasteiger partial charge < -0.3 is 9.64 Å². The van der Waals surface area contributed by atoms with Gasteiger partial charge in [-0.15, -0.1) is 0 Å². The van der Waals surface area contributed by atoms with Crippen molar-refractivity contribution in [3.63, 3.8) is 0 Å². The number of nitrogens with zero attached hydrogens (tertiary/aromatic N) is 1. The molecule has 2 atom stereocenters. The molecule has 1 saturated heterocycles. The molecule has 1 fully saturated rings. The van der Waals surface area contributed by atoms with Crippen LogP contribution in [0.25, 0.3) is 0 Å². The van der Waals surface area contributed by atoms with E-state index in [2.05, 4.69) is 4.74 Å². The van der Waals surface area contributed by atoms with E-state index in [1.54, 1.807) is 6.92 Å². The number of rotatable bonds is 2. The van der Waals surface area contributed by atoms with Gasteiger partial charge in [-0.2, -0.15) is 0 Å². The Kier molecular flexibility index (Phi) is 4.46. The van der Waals surface area contributed by atoms with E-state index < -0.39 is 35.0 Å². The van der Waals surface area contributed by atoms with E-state index in [0.29, 0.717) is 0 Å². The number of likely N-dealkylation sites (tertiary alicyclic amines) is 1. The van der Waals surface area contributed by atoms with Crippen LogP contribution in [0, 0.1) is 23.5 Å².